The minimum Gasteiger partial charge on any atom is -0.383 e. The lowest BCUT2D eigenvalue weighted by Crippen LogP contribution is -2.14. The summed E-state index contributed by atoms with van der Waals surface area (Å²) >= 11 is 5.76. The molecule has 2 heterocycles. The van der Waals surface area contributed by atoms with Gasteiger partial charge in [-0.05, 0) is 35.9 Å². The summed E-state index contributed by atoms with van der Waals surface area (Å²) in [5, 5.41) is 6.05. The van der Waals surface area contributed by atoms with E-state index in [-0.39, 0.29) is 28.8 Å². The first-order chi connectivity index (χ1) is 13.2. The topological polar surface area (TPSA) is 85.8 Å². The Kier molecular flexibility index (Phi) is 5.28. The molecule has 2 aromatic heterocycles. The van der Waals surface area contributed by atoms with Gasteiger partial charge in [-0.15, -0.1) is 11.6 Å². The second kappa shape index (κ2) is 7.51. The quantitative estimate of drug-likeness (QED) is 0.636. The van der Waals surface area contributed by atoms with Gasteiger partial charge in [0.2, 0.25) is 0 Å². The van der Waals surface area contributed by atoms with Crippen molar-refractivity contribution in [2.45, 2.75) is 12.1 Å². The summed E-state index contributed by atoms with van der Waals surface area (Å²) in [7, 11) is 1.38. The smallest absolute Gasteiger partial charge is 0.383 e. The van der Waals surface area contributed by atoms with Crippen LogP contribution < -0.4 is 11.1 Å². The fourth-order valence-electron chi connectivity index (χ4n) is 2.60. The first-order valence-electron chi connectivity index (χ1n) is 8.03. The number of pyridine rings is 1. The van der Waals surface area contributed by atoms with Crippen molar-refractivity contribution in [1.29, 1.82) is 0 Å². The van der Waals surface area contributed by atoms with Crippen molar-refractivity contribution in [3.05, 3.63) is 59.3 Å². The van der Waals surface area contributed by atoms with Gasteiger partial charge in [-0.3, -0.25) is 9.48 Å². The molecule has 0 unspecified atom stereocenters. The van der Waals surface area contributed by atoms with Crippen molar-refractivity contribution >= 4 is 29.1 Å². The van der Waals surface area contributed by atoms with Crippen molar-refractivity contribution in [1.82, 2.24) is 14.8 Å². The summed E-state index contributed by atoms with van der Waals surface area (Å²) in [5.41, 5.74) is 6.48. The Morgan fingerprint density at radius 3 is 2.61 bits per heavy atom. The Bertz CT molecular complexity index is 1030. The predicted molar refractivity (Wildman–Crippen MR) is 99.8 cm³/mol. The number of carbonyl (C=O) groups is 1. The Hall–Kier alpha value is -3.07. The monoisotopic (exact) mass is 409 g/mol. The van der Waals surface area contributed by atoms with Gasteiger partial charge < -0.3 is 11.1 Å². The molecular formula is C18H15ClF3N5O. The minimum atomic E-state index is -4.57. The van der Waals surface area contributed by atoms with Crippen LogP contribution in [-0.4, -0.2) is 20.7 Å². The van der Waals surface area contributed by atoms with Crippen molar-refractivity contribution in [3.8, 4) is 11.3 Å². The molecule has 3 rings (SSSR count). The molecule has 0 saturated heterocycles. The molecule has 1 aromatic carbocycles. The number of hydrogen-bond donors (Lipinski definition) is 2. The molecule has 0 aliphatic rings. The van der Waals surface area contributed by atoms with Gasteiger partial charge in [-0.1, -0.05) is 12.1 Å². The van der Waals surface area contributed by atoms with Crippen LogP contribution in [0.3, 0.4) is 0 Å². The van der Waals surface area contributed by atoms with E-state index in [0.717, 1.165) is 16.3 Å². The molecule has 146 valence electrons. The Morgan fingerprint density at radius 2 is 2.00 bits per heavy atom. The van der Waals surface area contributed by atoms with Crippen molar-refractivity contribution in [2.75, 3.05) is 11.1 Å². The van der Waals surface area contributed by atoms with Crippen LogP contribution in [0, 0.1) is 0 Å². The van der Waals surface area contributed by atoms with Crippen LogP contribution in [0.1, 0.15) is 21.6 Å². The Balaban J connectivity index is 1.85. The first kappa shape index (κ1) is 19.7. The number of nitrogens with zero attached hydrogens (tertiary/aromatic N) is 3. The number of aryl methyl sites for hydroxylation is 1. The highest BCUT2D eigenvalue weighted by Gasteiger charge is 2.35. The van der Waals surface area contributed by atoms with E-state index in [0.29, 0.717) is 5.56 Å². The molecule has 3 aromatic rings. The summed E-state index contributed by atoms with van der Waals surface area (Å²) < 4.78 is 39.6. The highest BCUT2D eigenvalue weighted by Crippen LogP contribution is 2.33. The average molecular weight is 410 g/mol. The molecule has 10 heteroatoms. The number of benzene rings is 1. The van der Waals surface area contributed by atoms with E-state index >= 15 is 0 Å². The molecule has 0 aliphatic heterocycles. The molecule has 0 aliphatic carbocycles. The Morgan fingerprint density at radius 1 is 1.25 bits per heavy atom. The molecule has 6 nitrogen and oxygen atoms in total. The second-order valence-electron chi connectivity index (χ2n) is 5.95. The van der Waals surface area contributed by atoms with Gasteiger partial charge in [0.05, 0.1) is 5.69 Å². The van der Waals surface area contributed by atoms with Crippen LogP contribution in [-0.2, 0) is 19.1 Å². The van der Waals surface area contributed by atoms with Crippen LogP contribution in [0.5, 0.6) is 0 Å². The van der Waals surface area contributed by atoms with E-state index in [1.165, 1.54) is 19.2 Å². The van der Waals surface area contributed by atoms with E-state index < -0.39 is 17.8 Å². The average Bonchev–Trinajstić information content (AvgIpc) is 3.04. The van der Waals surface area contributed by atoms with Crippen molar-refractivity contribution in [3.63, 3.8) is 0 Å². The van der Waals surface area contributed by atoms with Crippen LogP contribution in [0.4, 0.5) is 24.8 Å². The third kappa shape index (κ3) is 4.09. The Labute approximate surface area is 163 Å². The number of nitrogens with one attached hydrogen (secondary N) is 1. The van der Waals surface area contributed by atoms with Gasteiger partial charge >= 0.3 is 6.18 Å². The molecule has 28 heavy (non-hydrogen) atoms. The van der Waals surface area contributed by atoms with E-state index in [2.05, 4.69) is 15.4 Å². The summed E-state index contributed by atoms with van der Waals surface area (Å²) in [6.07, 6.45) is -4.57. The third-order valence-corrected chi connectivity index (χ3v) is 4.26. The summed E-state index contributed by atoms with van der Waals surface area (Å²) in [5.74, 6) is -0.0117. The maximum atomic E-state index is 12.8. The SMILES string of the molecule is Cn1nc(C(F)(F)F)cc1-c1ccc(NC(=O)c2cccc(CCl)c2)nc1N. The zero-order valence-corrected chi connectivity index (χ0v) is 15.3. The largest absolute Gasteiger partial charge is 0.435 e. The molecule has 0 spiro atoms. The number of amides is 1. The molecule has 0 atom stereocenters. The predicted octanol–water partition coefficient (Wildman–Crippen LogP) is 4.07. The van der Waals surface area contributed by atoms with Gasteiger partial charge in [0, 0.05) is 24.1 Å². The first-order valence-corrected chi connectivity index (χ1v) is 8.57. The normalized spacial score (nSPS) is 11.5. The van der Waals surface area contributed by atoms with E-state index in [1.807, 2.05) is 0 Å². The lowest BCUT2D eigenvalue weighted by Gasteiger charge is -2.09. The van der Waals surface area contributed by atoms with Crippen molar-refractivity contribution in [2.24, 2.45) is 7.05 Å². The van der Waals surface area contributed by atoms with E-state index in [1.54, 1.807) is 24.3 Å². The number of alkyl halides is 4. The summed E-state index contributed by atoms with van der Waals surface area (Å²) in [6.45, 7) is 0. The molecule has 0 radical (unpaired) electrons. The van der Waals surface area contributed by atoms with E-state index in [4.69, 9.17) is 17.3 Å². The number of carbonyl (C=O) groups excluding carboxylic acids is 1. The second-order valence-corrected chi connectivity index (χ2v) is 6.22. The highest BCUT2D eigenvalue weighted by molar-refractivity contribution is 6.17. The highest BCUT2D eigenvalue weighted by atomic mass is 35.5. The van der Waals surface area contributed by atoms with Crippen LogP contribution in [0.25, 0.3) is 11.3 Å². The van der Waals surface area contributed by atoms with Gasteiger partial charge in [0.15, 0.2) is 5.69 Å². The lowest BCUT2D eigenvalue weighted by molar-refractivity contribution is -0.141. The molecule has 1 amide bonds. The maximum absolute atomic E-state index is 12.8. The number of nitrogens with two attached hydrogens (primary N) is 1. The fourth-order valence-corrected chi connectivity index (χ4v) is 2.77. The standard InChI is InChI=1S/C18H15ClF3N5O/c1-27-13(8-14(26-27)18(20,21)22)12-5-6-15(24-16(12)23)25-17(28)11-4-2-3-10(7-11)9-19/h2-8H,9H2,1H3,(H3,23,24,25,28). The summed E-state index contributed by atoms with van der Waals surface area (Å²) in [4.78, 5) is 16.4. The third-order valence-electron chi connectivity index (χ3n) is 3.96. The van der Waals surface area contributed by atoms with E-state index in [9.17, 15) is 18.0 Å². The number of anilines is 2. The minimum absolute atomic E-state index is 0.0379. The van der Waals surface area contributed by atoms with Crippen LogP contribution >= 0.6 is 11.6 Å². The van der Waals surface area contributed by atoms with Gasteiger partial charge in [0.25, 0.3) is 5.91 Å². The molecular weight excluding hydrogens is 395 g/mol. The molecule has 0 saturated carbocycles. The van der Waals surface area contributed by atoms with Crippen molar-refractivity contribution < 1.29 is 18.0 Å². The number of nitrogen functional groups attached to an aromatic ring is 1. The maximum Gasteiger partial charge on any atom is 0.435 e. The summed E-state index contributed by atoms with van der Waals surface area (Å²) in [6, 6.07) is 10.6. The zero-order valence-electron chi connectivity index (χ0n) is 14.6. The lowest BCUT2D eigenvalue weighted by atomic mass is 10.1. The number of aromatic nitrogens is 3. The van der Waals surface area contributed by atoms with Crippen LogP contribution in [0.2, 0.25) is 0 Å². The van der Waals surface area contributed by atoms with Crippen LogP contribution in [0.15, 0.2) is 42.5 Å². The van der Waals surface area contributed by atoms with Gasteiger partial charge in [-0.25, -0.2) is 4.98 Å². The number of rotatable bonds is 4. The molecule has 0 fully saturated rings. The van der Waals surface area contributed by atoms with Gasteiger partial charge in [-0.2, -0.15) is 18.3 Å². The molecule has 3 N–H and O–H groups in total. The van der Waals surface area contributed by atoms with Gasteiger partial charge in [0.1, 0.15) is 11.6 Å². The zero-order chi connectivity index (χ0) is 20.5. The molecule has 0 bridgehead atoms. The number of hydrogen-bond acceptors (Lipinski definition) is 4. The fraction of sp³-hybridized carbons (Fsp3) is 0.167. The number of halogens is 4.